The number of amides is 1. The minimum atomic E-state index is -0.219. The molecule has 2 aliphatic heterocycles. The molecule has 2 saturated heterocycles. The molecule has 2 aliphatic rings. The van der Waals surface area contributed by atoms with Gasteiger partial charge in [-0.1, -0.05) is 12.1 Å². The molecule has 1 amide bonds. The van der Waals surface area contributed by atoms with E-state index in [1.807, 2.05) is 0 Å². The van der Waals surface area contributed by atoms with Crippen molar-refractivity contribution in [1.29, 1.82) is 0 Å². The number of benzene rings is 1. The number of rotatable bonds is 5. The van der Waals surface area contributed by atoms with E-state index in [0.29, 0.717) is 31.0 Å². The lowest BCUT2D eigenvalue weighted by molar-refractivity contribution is -0.122. The highest BCUT2D eigenvalue weighted by Crippen LogP contribution is 2.32. The van der Waals surface area contributed by atoms with Crippen LogP contribution in [0.15, 0.2) is 24.3 Å². The summed E-state index contributed by atoms with van der Waals surface area (Å²) in [7, 11) is 0. The van der Waals surface area contributed by atoms with Gasteiger partial charge >= 0.3 is 0 Å². The number of halogens is 2. The molecule has 3 nitrogen and oxygen atoms in total. The fraction of sp³-hybridized carbons (Fsp3) is 0.588. The first-order valence-electron chi connectivity index (χ1n) is 7.96. The Bertz CT molecular complexity index is 482. The second-order valence-electron chi connectivity index (χ2n) is 6.41. The maximum atomic E-state index is 12.8. The van der Waals surface area contributed by atoms with E-state index in [1.54, 1.807) is 12.1 Å². The SMILES string of the molecule is Cl.O=C(CC1CC2CCC(C1)N2)NCCc1ccc(F)cc1. The summed E-state index contributed by atoms with van der Waals surface area (Å²) in [4.78, 5) is 12.0. The van der Waals surface area contributed by atoms with Gasteiger partial charge in [0, 0.05) is 25.0 Å². The molecule has 2 N–H and O–H groups in total. The smallest absolute Gasteiger partial charge is 0.220 e. The van der Waals surface area contributed by atoms with E-state index < -0.39 is 0 Å². The molecule has 3 rings (SSSR count). The molecule has 2 atom stereocenters. The van der Waals surface area contributed by atoms with Gasteiger partial charge in [0.15, 0.2) is 0 Å². The third kappa shape index (κ3) is 4.68. The lowest BCUT2D eigenvalue weighted by Gasteiger charge is -2.28. The average Bonchev–Trinajstić information content (AvgIpc) is 2.80. The Morgan fingerprint density at radius 3 is 2.45 bits per heavy atom. The molecule has 1 aromatic carbocycles. The van der Waals surface area contributed by atoms with E-state index in [2.05, 4.69) is 10.6 Å². The first-order chi connectivity index (χ1) is 10.2. The molecule has 1 aromatic rings. The molecule has 22 heavy (non-hydrogen) atoms. The fourth-order valence-corrected chi connectivity index (χ4v) is 3.67. The second-order valence-corrected chi connectivity index (χ2v) is 6.41. The Labute approximate surface area is 137 Å². The summed E-state index contributed by atoms with van der Waals surface area (Å²) in [5.74, 6) is 0.473. The topological polar surface area (TPSA) is 41.1 Å². The number of hydrogen-bond acceptors (Lipinski definition) is 2. The Kier molecular flexibility index (Phi) is 6.21. The predicted molar refractivity (Wildman–Crippen MR) is 87.6 cm³/mol. The molecule has 0 saturated carbocycles. The number of piperidine rings is 1. The maximum absolute atomic E-state index is 12.8. The lowest BCUT2D eigenvalue weighted by atomic mass is 9.89. The number of carbonyl (C=O) groups is 1. The van der Waals surface area contributed by atoms with Crippen LogP contribution in [-0.2, 0) is 11.2 Å². The highest BCUT2D eigenvalue weighted by molar-refractivity contribution is 5.85. The van der Waals surface area contributed by atoms with Crippen LogP contribution >= 0.6 is 12.4 Å². The van der Waals surface area contributed by atoms with Gasteiger partial charge in [-0.25, -0.2) is 4.39 Å². The number of nitrogens with one attached hydrogen (secondary N) is 2. The molecule has 0 aliphatic carbocycles. The van der Waals surface area contributed by atoms with Gasteiger partial charge in [0.05, 0.1) is 0 Å². The van der Waals surface area contributed by atoms with E-state index >= 15 is 0 Å². The molecular formula is C17H24ClFN2O. The van der Waals surface area contributed by atoms with Gasteiger partial charge in [0.25, 0.3) is 0 Å². The van der Waals surface area contributed by atoms with Crippen molar-refractivity contribution in [2.24, 2.45) is 5.92 Å². The van der Waals surface area contributed by atoms with Crippen molar-refractivity contribution >= 4 is 18.3 Å². The summed E-state index contributed by atoms with van der Waals surface area (Å²) >= 11 is 0. The summed E-state index contributed by atoms with van der Waals surface area (Å²) < 4.78 is 12.8. The van der Waals surface area contributed by atoms with E-state index in [-0.39, 0.29) is 24.1 Å². The predicted octanol–water partition coefficient (Wildman–Crippen LogP) is 2.83. The largest absolute Gasteiger partial charge is 0.356 e. The summed E-state index contributed by atoms with van der Waals surface area (Å²) in [6.07, 6.45) is 6.23. The van der Waals surface area contributed by atoms with Crippen LogP contribution in [0, 0.1) is 11.7 Å². The molecule has 0 spiro atoms. The van der Waals surface area contributed by atoms with Gasteiger partial charge in [-0.2, -0.15) is 0 Å². The quantitative estimate of drug-likeness (QED) is 0.873. The zero-order valence-corrected chi connectivity index (χ0v) is 13.5. The highest BCUT2D eigenvalue weighted by Gasteiger charge is 2.33. The Morgan fingerprint density at radius 1 is 1.18 bits per heavy atom. The van der Waals surface area contributed by atoms with E-state index in [1.165, 1.54) is 25.0 Å². The standard InChI is InChI=1S/C17H23FN2O.ClH/c18-14-3-1-12(2-4-14)7-8-19-17(21)11-13-9-15-5-6-16(10-13)20-15;/h1-4,13,15-16,20H,5-11H2,(H,19,21);1H. The molecule has 2 heterocycles. The van der Waals surface area contributed by atoms with Crippen molar-refractivity contribution in [1.82, 2.24) is 10.6 Å². The molecule has 0 aromatic heterocycles. The van der Waals surface area contributed by atoms with Gasteiger partial charge in [0.2, 0.25) is 5.91 Å². The van der Waals surface area contributed by atoms with Crippen molar-refractivity contribution in [3.05, 3.63) is 35.6 Å². The molecule has 0 radical (unpaired) electrons. The third-order valence-electron chi connectivity index (χ3n) is 4.69. The monoisotopic (exact) mass is 326 g/mol. The van der Waals surface area contributed by atoms with Crippen LogP contribution < -0.4 is 10.6 Å². The normalized spacial score (nSPS) is 26.3. The second kappa shape index (κ2) is 7.93. The summed E-state index contributed by atoms with van der Waals surface area (Å²) in [5, 5.41) is 6.59. The van der Waals surface area contributed by atoms with Gasteiger partial charge < -0.3 is 10.6 Å². The molecule has 2 fully saturated rings. The Hall–Kier alpha value is -1.13. The van der Waals surface area contributed by atoms with Gasteiger partial charge in [-0.15, -0.1) is 12.4 Å². The van der Waals surface area contributed by atoms with Crippen LogP contribution in [0.3, 0.4) is 0 Å². The highest BCUT2D eigenvalue weighted by atomic mass is 35.5. The van der Waals surface area contributed by atoms with Gasteiger partial charge in [-0.05, 0) is 55.7 Å². The first-order valence-corrected chi connectivity index (χ1v) is 7.96. The molecule has 5 heteroatoms. The first kappa shape index (κ1) is 17.2. The molecule has 122 valence electrons. The van der Waals surface area contributed by atoms with Crippen LogP contribution in [0.2, 0.25) is 0 Å². The van der Waals surface area contributed by atoms with E-state index in [9.17, 15) is 9.18 Å². The zero-order valence-electron chi connectivity index (χ0n) is 12.7. The van der Waals surface area contributed by atoms with Crippen molar-refractivity contribution < 1.29 is 9.18 Å². The molecule has 2 bridgehead atoms. The summed E-state index contributed by atoms with van der Waals surface area (Å²) in [5.41, 5.74) is 1.05. The van der Waals surface area contributed by atoms with Crippen LogP contribution in [0.25, 0.3) is 0 Å². The van der Waals surface area contributed by atoms with Crippen molar-refractivity contribution in [3.63, 3.8) is 0 Å². The van der Waals surface area contributed by atoms with Crippen LogP contribution in [0.4, 0.5) is 4.39 Å². The van der Waals surface area contributed by atoms with Crippen molar-refractivity contribution in [2.45, 2.75) is 50.6 Å². The Morgan fingerprint density at radius 2 is 1.82 bits per heavy atom. The minimum absolute atomic E-state index is 0. The lowest BCUT2D eigenvalue weighted by Crippen LogP contribution is -2.39. The summed E-state index contributed by atoms with van der Waals surface area (Å²) in [6, 6.07) is 7.74. The van der Waals surface area contributed by atoms with Crippen LogP contribution in [-0.4, -0.2) is 24.5 Å². The maximum Gasteiger partial charge on any atom is 0.220 e. The third-order valence-corrected chi connectivity index (χ3v) is 4.69. The van der Waals surface area contributed by atoms with E-state index in [0.717, 1.165) is 24.8 Å². The molecular weight excluding hydrogens is 303 g/mol. The van der Waals surface area contributed by atoms with Gasteiger partial charge in [-0.3, -0.25) is 4.79 Å². The Balaban J connectivity index is 0.00000176. The average molecular weight is 327 g/mol. The fourth-order valence-electron chi connectivity index (χ4n) is 3.67. The van der Waals surface area contributed by atoms with E-state index in [4.69, 9.17) is 0 Å². The van der Waals surface area contributed by atoms with Crippen LogP contribution in [0.5, 0.6) is 0 Å². The van der Waals surface area contributed by atoms with Crippen LogP contribution in [0.1, 0.15) is 37.7 Å². The van der Waals surface area contributed by atoms with Crippen molar-refractivity contribution in [2.75, 3.05) is 6.54 Å². The van der Waals surface area contributed by atoms with Crippen molar-refractivity contribution in [3.8, 4) is 0 Å². The minimum Gasteiger partial charge on any atom is -0.356 e. The number of carbonyl (C=O) groups excluding carboxylic acids is 1. The number of fused-ring (bicyclic) bond motifs is 2. The number of hydrogen-bond donors (Lipinski definition) is 2. The van der Waals surface area contributed by atoms with Gasteiger partial charge in [0.1, 0.15) is 5.82 Å². The zero-order chi connectivity index (χ0) is 14.7. The summed E-state index contributed by atoms with van der Waals surface area (Å²) in [6.45, 7) is 0.627. The molecule has 2 unspecified atom stereocenters.